The van der Waals surface area contributed by atoms with Gasteiger partial charge >= 0.3 is 0 Å². The Hall–Kier alpha value is -1.37. The highest BCUT2D eigenvalue weighted by atomic mass is 79.9. The lowest BCUT2D eigenvalue weighted by molar-refractivity contribution is 0.339. The van der Waals surface area contributed by atoms with Gasteiger partial charge in [0.25, 0.3) is 0 Å². The number of halogens is 1. The summed E-state index contributed by atoms with van der Waals surface area (Å²) in [5, 5.41) is 4.41. The van der Waals surface area contributed by atoms with Crippen molar-refractivity contribution in [2.75, 3.05) is 6.61 Å². The molecule has 1 atom stereocenters. The van der Waals surface area contributed by atoms with Crippen molar-refractivity contribution in [1.82, 2.24) is 15.2 Å². The molecule has 2 rings (SSSR count). The molecule has 0 radical (unpaired) electrons. The zero-order chi connectivity index (χ0) is 15.4. The summed E-state index contributed by atoms with van der Waals surface area (Å²) < 4.78 is 8.46. The highest BCUT2D eigenvalue weighted by Gasteiger charge is 2.22. The number of hydrogen-bond acceptors (Lipinski definition) is 4. The van der Waals surface area contributed by atoms with E-state index in [-0.39, 0.29) is 12.1 Å². The first-order chi connectivity index (χ1) is 10.1. The Morgan fingerprint density at radius 1 is 1.43 bits per heavy atom. The molecule has 0 fully saturated rings. The molecular weight excluding hydrogens is 332 g/mol. The van der Waals surface area contributed by atoms with E-state index < -0.39 is 0 Å². The highest BCUT2D eigenvalue weighted by molar-refractivity contribution is 9.10. The lowest BCUT2D eigenvalue weighted by Crippen LogP contribution is -2.31. The number of nitrogens with one attached hydrogen (secondary N) is 1. The van der Waals surface area contributed by atoms with Crippen LogP contribution >= 0.6 is 15.9 Å². The van der Waals surface area contributed by atoms with Gasteiger partial charge in [0.05, 0.1) is 29.0 Å². The van der Waals surface area contributed by atoms with E-state index in [9.17, 15) is 0 Å². The molecule has 0 amide bonds. The van der Waals surface area contributed by atoms with E-state index in [1.165, 1.54) is 0 Å². The number of ether oxygens (including phenoxy) is 1. The molecule has 0 aliphatic carbocycles. The van der Waals surface area contributed by atoms with Crippen LogP contribution < -0.4 is 16.0 Å². The van der Waals surface area contributed by atoms with Crippen LogP contribution in [0.1, 0.15) is 44.1 Å². The van der Waals surface area contributed by atoms with E-state index in [1.54, 1.807) is 6.20 Å². The maximum Gasteiger partial charge on any atom is 0.119 e. The van der Waals surface area contributed by atoms with Gasteiger partial charge in [-0.15, -0.1) is 0 Å². The number of benzene rings is 1. The number of hydrazine groups is 1. The summed E-state index contributed by atoms with van der Waals surface area (Å²) in [4.78, 5) is 0. The second-order valence-corrected chi connectivity index (χ2v) is 5.88. The fraction of sp³-hybridized carbons (Fsp3) is 0.400. The summed E-state index contributed by atoms with van der Waals surface area (Å²) in [5.74, 6) is 6.64. The van der Waals surface area contributed by atoms with Crippen molar-refractivity contribution in [3.63, 3.8) is 0 Å². The summed E-state index contributed by atoms with van der Waals surface area (Å²) in [6, 6.07) is 8.01. The summed E-state index contributed by atoms with van der Waals surface area (Å²) in [6.45, 7) is 6.79. The van der Waals surface area contributed by atoms with Crippen LogP contribution in [0.5, 0.6) is 5.75 Å². The van der Waals surface area contributed by atoms with Crippen LogP contribution in [-0.2, 0) is 0 Å². The molecule has 0 bridgehead atoms. The van der Waals surface area contributed by atoms with Crippen molar-refractivity contribution < 1.29 is 4.74 Å². The Balaban J connectivity index is 2.44. The lowest BCUT2D eigenvalue weighted by Gasteiger charge is -2.21. The predicted octanol–water partition coefficient (Wildman–Crippen LogP) is 3.18. The third-order valence-corrected chi connectivity index (χ3v) is 3.83. The molecule has 21 heavy (non-hydrogen) atoms. The number of nitrogens with zero attached hydrogens (tertiary/aromatic N) is 2. The minimum Gasteiger partial charge on any atom is -0.494 e. The molecule has 114 valence electrons. The molecule has 0 saturated heterocycles. The van der Waals surface area contributed by atoms with E-state index >= 15 is 0 Å². The molecule has 6 heteroatoms. The monoisotopic (exact) mass is 352 g/mol. The largest absolute Gasteiger partial charge is 0.494 e. The molecule has 0 aliphatic rings. The first-order valence-electron chi connectivity index (χ1n) is 7.00. The second kappa shape index (κ2) is 7.06. The molecule has 2 aromatic rings. The summed E-state index contributed by atoms with van der Waals surface area (Å²) in [5.41, 5.74) is 4.91. The van der Waals surface area contributed by atoms with Crippen LogP contribution in [0.2, 0.25) is 0 Å². The summed E-state index contributed by atoms with van der Waals surface area (Å²) in [7, 11) is 0. The van der Waals surface area contributed by atoms with Gasteiger partial charge in [0, 0.05) is 6.04 Å². The average molecular weight is 353 g/mol. The van der Waals surface area contributed by atoms with Crippen LogP contribution in [0.4, 0.5) is 0 Å². The Bertz CT molecular complexity index is 597. The Morgan fingerprint density at radius 2 is 2.19 bits per heavy atom. The Labute approximate surface area is 133 Å². The Morgan fingerprint density at radius 3 is 2.81 bits per heavy atom. The maximum absolute atomic E-state index is 5.81. The standard InChI is InChI=1S/C15H21BrN4O/c1-4-21-12-7-5-6-11(8-12)14(19-17)15-13(16)9-18-20(15)10(2)3/h5-10,14,19H,4,17H2,1-3H3. The fourth-order valence-electron chi connectivity index (χ4n) is 2.32. The van der Waals surface area contributed by atoms with Gasteiger partial charge in [0.15, 0.2) is 0 Å². The number of aromatic nitrogens is 2. The second-order valence-electron chi connectivity index (χ2n) is 5.02. The number of rotatable bonds is 6. The molecule has 1 heterocycles. The SMILES string of the molecule is CCOc1cccc(C(NN)c2c(Br)cnn2C(C)C)c1. The van der Waals surface area contributed by atoms with Gasteiger partial charge in [0.1, 0.15) is 5.75 Å². The van der Waals surface area contributed by atoms with Gasteiger partial charge in [0.2, 0.25) is 0 Å². The van der Waals surface area contributed by atoms with Gasteiger partial charge in [-0.2, -0.15) is 5.10 Å². The van der Waals surface area contributed by atoms with Gasteiger partial charge in [-0.3, -0.25) is 10.5 Å². The third kappa shape index (κ3) is 3.45. The summed E-state index contributed by atoms with van der Waals surface area (Å²) in [6.07, 6.45) is 1.80. The molecule has 0 aliphatic heterocycles. The minimum absolute atomic E-state index is 0.162. The van der Waals surface area contributed by atoms with Crippen LogP contribution in [0.25, 0.3) is 0 Å². The molecule has 1 aromatic carbocycles. The van der Waals surface area contributed by atoms with Gasteiger partial charge in [-0.1, -0.05) is 12.1 Å². The van der Waals surface area contributed by atoms with E-state index in [1.807, 2.05) is 35.9 Å². The van der Waals surface area contributed by atoms with E-state index in [2.05, 4.69) is 40.3 Å². The average Bonchev–Trinajstić information content (AvgIpc) is 2.83. The number of nitrogens with two attached hydrogens (primary N) is 1. The summed E-state index contributed by atoms with van der Waals surface area (Å²) >= 11 is 3.56. The topological polar surface area (TPSA) is 65.1 Å². The van der Waals surface area contributed by atoms with E-state index in [0.717, 1.165) is 21.5 Å². The minimum atomic E-state index is -0.162. The van der Waals surface area contributed by atoms with Crippen molar-refractivity contribution >= 4 is 15.9 Å². The molecule has 3 N–H and O–H groups in total. The van der Waals surface area contributed by atoms with Crippen molar-refractivity contribution in [2.24, 2.45) is 5.84 Å². The normalized spacial score (nSPS) is 12.7. The third-order valence-electron chi connectivity index (χ3n) is 3.22. The molecule has 1 aromatic heterocycles. The predicted molar refractivity (Wildman–Crippen MR) is 87.1 cm³/mol. The maximum atomic E-state index is 5.81. The molecular formula is C15H21BrN4O. The van der Waals surface area contributed by atoms with Crippen molar-refractivity contribution in [2.45, 2.75) is 32.9 Å². The van der Waals surface area contributed by atoms with Crippen LogP contribution in [0.15, 0.2) is 34.9 Å². The van der Waals surface area contributed by atoms with Crippen LogP contribution in [0, 0.1) is 0 Å². The van der Waals surface area contributed by atoms with Crippen LogP contribution in [0.3, 0.4) is 0 Å². The van der Waals surface area contributed by atoms with Crippen molar-refractivity contribution in [3.05, 3.63) is 46.2 Å². The number of hydrogen-bond donors (Lipinski definition) is 2. The molecule has 0 saturated carbocycles. The van der Waals surface area contributed by atoms with Crippen molar-refractivity contribution in [1.29, 1.82) is 0 Å². The van der Waals surface area contributed by atoms with Gasteiger partial charge in [-0.25, -0.2) is 5.43 Å². The Kier molecular flexibility index (Phi) is 5.39. The van der Waals surface area contributed by atoms with E-state index in [4.69, 9.17) is 10.6 Å². The highest BCUT2D eigenvalue weighted by Crippen LogP contribution is 2.31. The first-order valence-corrected chi connectivity index (χ1v) is 7.79. The molecule has 5 nitrogen and oxygen atoms in total. The lowest BCUT2D eigenvalue weighted by atomic mass is 10.0. The first kappa shape index (κ1) is 16.0. The van der Waals surface area contributed by atoms with E-state index in [0.29, 0.717) is 6.61 Å². The van der Waals surface area contributed by atoms with Gasteiger partial charge in [-0.05, 0) is 54.4 Å². The van der Waals surface area contributed by atoms with Crippen LogP contribution in [-0.4, -0.2) is 16.4 Å². The fourth-order valence-corrected chi connectivity index (χ4v) is 2.82. The smallest absolute Gasteiger partial charge is 0.119 e. The zero-order valence-electron chi connectivity index (χ0n) is 12.5. The van der Waals surface area contributed by atoms with Crippen molar-refractivity contribution in [3.8, 4) is 5.75 Å². The quantitative estimate of drug-likeness (QED) is 0.618. The van der Waals surface area contributed by atoms with Gasteiger partial charge < -0.3 is 4.74 Å². The zero-order valence-corrected chi connectivity index (χ0v) is 14.1. The molecule has 1 unspecified atom stereocenters. The molecule has 0 spiro atoms.